The van der Waals surface area contributed by atoms with Crippen molar-refractivity contribution in [3.8, 4) is 5.75 Å². The van der Waals surface area contributed by atoms with Crippen molar-refractivity contribution < 1.29 is 5.11 Å². The van der Waals surface area contributed by atoms with Crippen molar-refractivity contribution in [1.29, 1.82) is 0 Å². The van der Waals surface area contributed by atoms with Crippen molar-refractivity contribution in [3.63, 3.8) is 0 Å². The van der Waals surface area contributed by atoms with Gasteiger partial charge in [0.1, 0.15) is 17.4 Å². The van der Waals surface area contributed by atoms with Crippen LogP contribution in [0.4, 0.5) is 17.3 Å². The van der Waals surface area contributed by atoms with E-state index in [-0.39, 0.29) is 5.75 Å². The van der Waals surface area contributed by atoms with Crippen molar-refractivity contribution in [3.05, 3.63) is 85.2 Å². The van der Waals surface area contributed by atoms with E-state index in [1.165, 1.54) is 0 Å². The molecule has 4 rings (SSSR count). The van der Waals surface area contributed by atoms with Gasteiger partial charge in [0.15, 0.2) is 0 Å². The highest BCUT2D eigenvalue weighted by Crippen LogP contribution is 2.33. The molecule has 0 saturated carbocycles. The van der Waals surface area contributed by atoms with Gasteiger partial charge in [-0.2, -0.15) is 0 Å². The van der Waals surface area contributed by atoms with E-state index < -0.39 is 0 Å². The van der Waals surface area contributed by atoms with Crippen LogP contribution in [0.2, 0.25) is 0 Å². The molecule has 2 heterocycles. The molecular formula is C20H15N3O. The third-order valence-corrected chi connectivity index (χ3v) is 3.82. The second-order valence-electron chi connectivity index (χ2n) is 5.43. The summed E-state index contributed by atoms with van der Waals surface area (Å²) in [6.07, 6.45) is 3.54. The Labute approximate surface area is 139 Å². The average molecular weight is 313 g/mol. The molecule has 4 aromatic rings. The van der Waals surface area contributed by atoms with Gasteiger partial charge in [-0.05, 0) is 59.3 Å². The van der Waals surface area contributed by atoms with Crippen LogP contribution in [0.1, 0.15) is 0 Å². The summed E-state index contributed by atoms with van der Waals surface area (Å²) < 4.78 is 0. The van der Waals surface area contributed by atoms with Crippen molar-refractivity contribution in [1.82, 2.24) is 9.97 Å². The third kappa shape index (κ3) is 2.65. The standard InChI is InChI=1S/C20H15N3O/c24-18-10-8-15-13-17(9-7-16(15)14-18)23(19-5-1-3-11-21-19)20-6-2-4-12-22-20/h1-14,24H. The third-order valence-electron chi connectivity index (χ3n) is 3.82. The van der Waals surface area contributed by atoms with E-state index in [0.29, 0.717) is 0 Å². The number of rotatable bonds is 3. The van der Waals surface area contributed by atoms with Gasteiger partial charge in [0.25, 0.3) is 0 Å². The Bertz CT molecular complexity index is 932. The smallest absolute Gasteiger partial charge is 0.138 e. The van der Waals surface area contributed by atoms with Crippen LogP contribution in [0.25, 0.3) is 10.8 Å². The molecule has 0 aliphatic rings. The number of aromatic hydroxyl groups is 1. The first-order chi connectivity index (χ1) is 11.8. The number of pyridine rings is 2. The van der Waals surface area contributed by atoms with E-state index in [2.05, 4.69) is 16.0 Å². The van der Waals surface area contributed by atoms with Crippen molar-refractivity contribution >= 4 is 28.1 Å². The van der Waals surface area contributed by atoms with Crippen LogP contribution in [0.15, 0.2) is 85.2 Å². The van der Waals surface area contributed by atoms with Crippen LogP contribution in [-0.2, 0) is 0 Å². The maximum Gasteiger partial charge on any atom is 0.138 e. The Morgan fingerprint density at radius 1 is 0.667 bits per heavy atom. The lowest BCUT2D eigenvalue weighted by molar-refractivity contribution is 0.476. The minimum atomic E-state index is 0.265. The molecule has 2 aromatic heterocycles. The Kier molecular flexibility index (Phi) is 3.56. The normalized spacial score (nSPS) is 10.7. The van der Waals surface area contributed by atoms with E-state index in [9.17, 15) is 5.11 Å². The molecule has 0 atom stereocenters. The van der Waals surface area contributed by atoms with Crippen molar-refractivity contribution in [2.24, 2.45) is 0 Å². The number of benzene rings is 2. The summed E-state index contributed by atoms with van der Waals surface area (Å²) in [7, 11) is 0. The van der Waals surface area contributed by atoms with Crippen LogP contribution in [-0.4, -0.2) is 15.1 Å². The number of fused-ring (bicyclic) bond motifs is 1. The molecule has 0 amide bonds. The highest BCUT2D eigenvalue weighted by atomic mass is 16.3. The molecule has 0 saturated heterocycles. The molecule has 4 heteroatoms. The van der Waals surface area contributed by atoms with Crippen molar-refractivity contribution in [2.45, 2.75) is 0 Å². The molecule has 1 N–H and O–H groups in total. The fourth-order valence-electron chi connectivity index (χ4n) is 2.71. The Hall–Kier alpha value is -3.40. The summed E-state index contributed by atoms with van der Waals surface area (Å²) in [4.78, 5) is 11.0. The minimum Gasteiger partial charge on any atom is -0.508 e. The van der Waals surface area contributed by atoms with Gasteiger partial charge in [0, 0.05) is 18.1 Å². The second-order valence-corrected chi connectivity index (χ2v) is 5.43. The number of anilines is 3. The molecule has 0 radical (unpaired) electrons. The van der Waals surface area contributed by atoms with Gasteiger partial charge in [-0.15, -0.1) is 0 Å². The molecule has 0 bridgehead atoms. The number of nitrogens with zero attached hydrogens (tertiary/aromatic N) is 3. The first-order valence-corrected chi connectivity index (χ1v) is 7.66. The van der Waals surface area contributed by atoms with E-state index in [0.717, 1.165) is 28.1 Å². The van der Waals surface area contributed by atoms with Crippen LogP contribution in [0.3, 0.4) is 0 Å². The zero-order valence-corrected chi connectivity index (χ0v) is 12.9. The predicted octanol–water partition coefficient (Wildman–Crippen LogP) is 4.81. The SMILES string of the molecule is Oc1ccc2cc(N(c3ccccn3)c3ccccn3)ccc2c1. The van der Waals surface area contributed by atoms with Gasteiger partial charge >= 0.3 is 0 Å². The number of phenols is 1. The first kappa shape index (κ1) is 14.2. The van der Waals surface area contributed by atoms with Gasteiger partial charge < -0.3 is 5.11 Å². The van der Waals surface area contributed by atoms with Gasteiger partial charge in [0.2, 0.25) is 0 Å². The fraction of sp³-hybridized carbons (Fsp3) is 0. The molecule has 0 fully saturated rings. The van der Waals surface area contributed by atoms with Crippen LogP contribution in [0.5, 0.6) is 5.75 Å². The summed E-state index contributed by atoms with van der Waals surface area (Å²) in [5.41, 5.74) is 0.964. The summed E-state index contributed by atoms with van der Waals surface area (Å²) in [5, 5.41) is 11.7. The van der Waals surface area contributed by atoms with Gasteiger partial charge in [-0.1, -0.05) is 24.3 Å². The van der Waals surface area contributed by atoms with E-state index in [1.54, 1.807) is 24.5 Å². The second kappa shape index (κ2) is 6.01. The van der Waals surface area contributed by atoms with Crippen LogP contribution < -0.4 is 4.90 Å². The monoisotopic (exact) mass is 313 g/mol. The zero-order valence-electron chi connectivity index (χ0n) is 12.9. The zero-order chi connectivity index (χ0) is 16.4. The molecule has 24 heavy (non-hydrogen) atoms. The molecule has 0 aliphatic carbocycles. The number of aromatic nitrogens is 2. The predicted molar refractivity (Wildman–Crippen MR) is 95.9 cm³/mol. The Morgan fingerprint density at radius 3 is 1.92 bits per heavy atom. The minimum absolute atomic E-state index is 0.265. The van der Waals surface area contributed by atoms with E-state index >= 15 is 0 Å². The molecule has 0 aliphatic heterocycles. The summed E-state index contributed by atoms with van der Waals surface area (Å²) in [6, 6.07) is 23.0. The lowest BCUT2D eigenvalue weighted by Crippen LogP contribution is -2.12. The Balaban J connectivity index is 1.89. The fourth-order valence-corrected chi connectivity index (χ4v) is 2.71. The summed E-state index contributed by atoms with van der Waals surface area (Å²) in [6.45, 7) is 0. The van der Waals surface area contributed by atoms with Gasteiger partial charge in [-0.3, -0.25) is 4.90 Å². The topological polar surface area (TPSA) is 49.2 Å². The molecule has 0 unspecified atom stereocenters. The van der Waals surface area contributed by atoms with Gasteiger partial charge in [-0.25, -0.2) is 9.97 Å². The highest BCUT2D eigenvalue weighted by Gasteiger charge is 2.14. The average Bonchev–Trinajstić information content (AvgIpc) is 2.64. The van der Waals surface area contributed by atoms with Crippen LogP contribution >= 0.6 is 0 Å². The number of hydrogen-bond donors (Lipinski definition) is 1. The van der Waals surface area contributed by atoms with E-state index in [1.807, 2.05) is 59.5 Å². The maximum atomic E-state index is 9.63. The molecule has 116 valence electrons. The quantitative estimate of drug-likeness (QED) is 0.590. The Morgan fingerprint density at radius 2 is 1.29 bits per heavy atom. The largest absolute Gasteiger partial charge is 0.508 e. The lowest BCUT2D eigenvalue weighted by Gasteiger charge is -2.23. The molecule has 4 nitrogen and oxygen atoms in total. The molecule has 2 aromatic carbocycles. The first-order valence-electron chi connectivity index (χ1n) is 7.66. The number of phenolic OH excluding ortho intramolecular Hbond substituents is 1. The highest BCUT2D eigenvalue weighted by molar-refractivity contribution is 5.89. The molecular weight excluding hydrogens is 298 g/mol. The van der Waals surface area contributed by atoms with Crippen molar-refractivity contribution in [2.75, 3.05) is 4.90 Å². The van der Waals surface area contributed by atoms with E-state index in [4.69, 9.17) is 0 Å². The lowest BCUT2D eigenvalue weighted by atomic mass is 10.1. The molecule has 0 spiro atoms. The number of hydrogen-bond acceptors (Lipinski definition) is 4. The summed E-state index contributed by atoms with van der Waals surface area (Å²) >= 11 is 0. The van der Waals surface area contributed by atoms with Gasteiger partial charge in [0.05, 0.1) is 0 Å². The maximum absolute atomic E-state index is 9.63. The summed E-state index contributed by atoms with van der Waals surface area (Å²) in [5.74, 6) is 1.87. The van der Waals surface area contributed by atoms with Crippen LogP contribution in [0, 0.1) is 0 Å².